The Balaban J connectivity index is 6.69. The van der Waals surface area contributed by atoms with E-state index in [0.717, 1.165) is 0 Å². The molecule has 20 heteroatoms. The van der Waals surface area contributed by atoms with Gasteiger partial charge in [-0.15, -0.1) is 0 Å². The Labute approximate surface area is 145 Å². The predicted molar refractivity (Wildman–Crippen MR) is 59.2 cm³/mol. The zero-order valence-electron chi connectivity index (χ0n) is 12.3. The zero-order valence-corrected chi connectivity index (χ0v) is 14.0. The minimum Gasteiger partial charge on any atom is -0.221 e. The van der Waals surface area contributed by atoms with Gasteiger partial charge in [-0.1, -0.05) is 0 Å². The smallest absolute Gasteiger partial charge is 0.221 e. The van der Waals surface area contributed by atoms with Crippen LogP contribution < -0.4 is 0 Å². The highest BCUT2D eigenvalue weighted by atomic mass is 32.3. The third-order valence-electron chi connectivity index (χ3n) is 3.03. The summed E-state index contributed by atoms with van der Waals surface area (Å²) in [6, 6.07) is 0. The van der Waals surface area contributed by atoms with Crippen LogP contribution in [-0.2, 0) is 19.7 Å². The third kappa shape index (κ3) is 3.38. The average molecular weight is 494 g/mol. The molecule has 0 aliphatic heterocycles. The molecule has 0 unspecified atom stereocenters. The van der Waals surface area contributed by atoms with Crippen LogP contribution in [0.1, 0.15) is 6.92 Å². The number of sulfone groups is 2. The summed E-state index contributed by atoms with van der Waals surface area (Å²) in [5.41, 5.74) is 0. The normalized spacial score (nSPS) is 16.6. The molecule has 0 N–H and O–H groups in total. The molecule has 4 nitrogen and oxygen atoms in total. The molecule has 0 aromatic heterocycles. The van der Waals surface area contributed by atoms with E-state index in [1.165, 1.54) is 0 Å². The van der Waals surface area contributed by atoms with E-state index in [2.05, 4.69) is 0 Å². The van der Waals surface area contributed by atoms with Gasteiger partial charge < -0.3 is 0 Å². The maximum atomic E-state index is 13.2. The summed E-state index contributed by atoms with van der Waals surface area (Å²) in [5, 5.41) is -15.1. The molecule has 0 bridgehead atoms. The Kier molecular flexibility index (Phi) is 6.21. The van der Waals surface area contributed by atoms with Crippen molar-refractivity contribution in [2.24, 2.45) is 0 Å². The van der Waals surface area contributed by atoms with Crippen molar-refractivity contribution in [2.75, 3.05) is 0 Å². The van der Waals surface area contributed by atoms with Crippen molar-refractivity contribution in [3.05, 3.63) is 0 Å². The highest BCUT2D eigenvalue weighted by molar-refractivity contribution is 8.10. The van der Waals surface area contributed by atoms with Crippen molar-refractivity contribution >= 4 is 19.7 Å². The minimum absolute atomic E-state index is 1.01. The molecule has 0 saturated carbocycles. The fourth-order valence-electron chi connectivity index (χ4n) is 1.27. The fraction of sp³-hybridized carbons (Fsp3) is 1.00. The van der Waals surface area contributed by atoms with Gasteiger partial charge in [0.2, 0.25) is 19.7 Å². The van der Waals surface area contributed by atoms with Gasteiger partial charge >= 0.3 is 34.7 Å². The van der Waals surface area contributed by atoms with Gasteiger partial charge in [0, 0.05) is 0 Å². The Bertz CT molecular complexity index is 735. The maximum Gasteiger partial charge on any atom is 0.461 e. The van der Waals surface area contributed by atoms with Gasteiger partial charge in [0.25, 0.3) is 0 Å². The first-order valence-electron chi connectivity index (χ1n) is 5.77. The van der Waals surface area contributed by atoms with Crippen molar-refractivity contribution in [3.8, 4) is 0 Å². The maximum absolute atomic E-state index is 13.2. The van der Waals surface area contributed by atoms with E-state index in [4.69, 9.17) is 0 Å². The van der Waals surface area contributed by atoms with Crippen LogP contribution in [0.2, 0.25) is 0 Å². The first-order valence-corrected chi connectivity index (χ1v) is 8.86. The van der Waals surface area contributed by atoms with E-state index < -0.39 is 65.9 Å². The second-order valence-electron chi connectivity index (χ2n) is 4.84. The average Bonchev–Trinajstić information content (AvgIpc) is 2.42. The second-order valence-corrected chi connectivity index (χ2v) is 9.75. The lowest BCUT2D eigenvalue weighted by Gasteiger charge is -2.32. The van der Waals surface area contributed by atoms with Crippen molar-refractivity contribution < 1.29 is 78.3 Å². The van der Waals surface area contributed by atoms with Gasteiger partial charge in [-0.25, -0.2) is 16.8 Å². The van der Waals surface area contributed by atoms with Crippen LogP contribution in [0.5, 0.6) is 0 Å². The summed E-state index contributed by atoms with van der Waals surface area (Å²) in [4.78, 5) is 0. The highest BCUT2D eigenvalue weighted by Gasteiger charge is 2.83. The molecule has 0 saturated heterocycles. The molecular formula is C8H4F14O4S2. The van der Waals surface area contributed by atoms with E-state index in [1.54, 1.807) is 0 Å². The molecule has 0 aromatic rings. The van der Waals surface area contributed by atoms with Crippen molar-refractivity contribution in [1.29, 1.82) is 0 Å². The quantitative estimate of drug-likeness (QED) is 0.528. The molecule has 0 spiro atoms. The summed E-state index contributed by atoms with van der Waals surface area (Å²) >= 11 is 0. The zero-order chi connectivity index (χ0) is 23.6. The van der Waals surface area contributed by atoms with Gasteiger partial charge in [-0.3, -0.25) is 0 Å². The summed E-state index contributed by atoms with van der Waals surface area (Å²) in [5.74, 6) is -15.3. The van der Waals surface area contributed by atoms with Crippen LogP contribution in [0.3, 0.4) is 0 Å². The second kappa shape index (κ2) is 6.46. The molecule has 0 aliphatic carbocycles. The molecule has 0 amide bonds. The van der Waals surface area contributed by atoms with E-state index in [1.807, 2.05) is 0 Å². The SMILES string of the molecule is CC(S(=O)(=O)C(F)(F)C(F)(F)C(F)(F)F)S(=O)(=O)C(F)(F)C(F)(F)C(F)(F)F. The Hall–Kier alpha value is -1.08. The van der Waals surface area contributed by atoms with Crippen LogP contribution in [0, 0.1) is 0 Å². The molecule has 170 valence electrons. The Morgan fingerprint density at radius 3 is 0.821 bits per heavy atom. The van der Waals surface area contributed by atoms with Crippen molar-refractivity contribution in [2.45, 2.75) is 46.2 Å². The number of rotatable bonds is 6. The first kappa shape index (κ1) is 26.9. The summed E-state index contributed by atoms with van der Waals surface area (Å²) < 4.78 is 215. The number of halogens is 14. The molecule has 0 fully saturated rings. The molecule has 0 heterocycles. The number of hydrogen-bond donors (Lipinski definition) is 0. The van der Waals surface area contributed by atoms with E-state index in [0.29, 0.717) is 0 Å². The predicted octanol–water partition coefficient (Wildman–Crippen LogP) is 3.74. The Morgan fingerprint density at radius 1 is 0.500 bits per heavy atom. The van der Waals surface area contributed by atoms with Crippen molar-refractivity contribution in [3.63, 3.8) is 0 Å². The van der Waals surface area contributed by atoms with E-state index in [-0.39, 0.29) is 0 Å². The molecular weight excluding hydrogens is 490 g/mol. The standard InChI is InChI=1S/C8H4F14O4S2/c1-2(27(23,24)7(19,20)3(9,10)5(13,14)15)28(25,26)8(21,22)4(11,12)6(16,17)18/h2H,1H3. The highest BCUT2D eigenvalue weighted by Crippen LogP contribution is 2.54. The van der Waals surface area contributed by atoms with Gasteiger partial charge in [0.15, 0.2) is 4.58 Å². The fourth-order valence-corrected chi connectivity index (χ4v) is 5.11. The first-order chi connectivity index (χ1) is 11.7. The minimum atomic E-state index is -8.00. The van der Waals surface area contributed by atoms with Gasteiger partial charge in [-0.05, 0) is 6.92 Å². The van der Waals surface area contributed by atoms with E-state index in [9.17, 15) is 78.3 Å². The van der Waals surface area contributed by atoms with Crippen molar-refractivity contribution in [1.82, 2.24) is 0 Å². The lowest BCUT2D eigenvalue weighted by Crippen LogP contribution is -2.62. The van der Waals surface area contributed by atoms with Crippen LogP contribution in [-0.4, -0.2) is 56.1 Å². The van der Waals surface area contributed by atoms with Gasteiger partial charge in [-0.2, -0.15) is 61.5 Å². The summed E-state index contributed by atoms with van der Waals surface area (Å²) in [7, 11) is -16.0. The number of alkyl halides is 14. The molecule has 0 atom stereocenters. The van der Waals surface area contributed by atoms with Crippen LogP contribution in [0.4, 0.5) is 61.5 Å². The van der Waals surface area contributed by atoms with Gasteiger partial charge in [0.05, 0.1) is 0 Å². The molecule has 28 heavy (non-hydrogen) atoms. The molecule has 0 aliphatic rings. The summed E-state index contributed by atoms with van der Waals surface area (Å²) in [6.45, 7) is -1.01. The van der Waals surface area contributed by atoms with Crippen LogP contribution in [0.25, 0.3) is 0 Å². The summed E-state index contributed by atoms with van der Waals surface area (Å²) in [6.07, 6.45) is -14.9. The lowest BCUT2D eigenvalue weighted by atomic mass is 10.3. The third-order valence-corrected chi connectivity index (χ3v) is 8.24. The van der Waals surface area contributed by atoms with Crippen LogP contribution >= 0.6 is 0 Å². The molecule has 0 rings (SSSR count). The largest absolute Gasteiger partial charge is 0.461 e. The van der Waals surface area contributed by atoms with Crippen LogP contribution in [0.15, 0.2) is 0 Å². The lowest BCUT2D eigenvalue weighted by molar-refractivity contribution is -0.332. The van der Waals surface area contributed by atoms with Gasteiger partial charge in [0.1, 0.15) is 0 Å². The Morgan fingerprint density at radius 2 is 0.679 bits per heavy atom. The van der Waals surface area contributed by atoms with E-state index >= 15 is 0 Å². The monoisotopic (exact) mass is 494 g/mol. The molecule has 0 radical (unpaired) electrons. The topological polar surface area (TPSA) is 68.3 Å². The number of hydrogen-bond acceptors (Lipinski definition) is 4. The molecule has 0 aromatic carbocycles.